The van der Waals surface area contributed by atoms with Gasteiger partial charge in [-0.1, -0.05) is 36.4 Å². The molecule has 4 aromatic rings. The predicted octanol–water partition coefficient (Wildman–Crippen LogP) is 6.40. The topological polar surface area (TPSA) is 113 Å². The highest BCUT2D eigenvalue weighted by molar-refractivity contribution is 6.21. The maximum absolute atomic E-state index is 13.9. The number of aromatic amines is 1. The molecule has 38 heavy (non-hydrogen) atoms. The molecule has 0 aliphatic carbocycles. The van der Waals surface area contributed by atoms with Crippen molar-refractivity contribution in [3.8, 4) is 5.88 Å². The summed E-state index contributed by atoms with van der Waals surface area (Å²) >= 11 is 0. The third-order valence-electron chi connectivity index (χ3n) is 5.89. The Morgan fingerprint density at radius 2 is 1.68 bits per heavy atom. The molecule has 0 spiro atoms. The lowest BCUT2D eigenvalue weighted by Gasteiger charge is -2.19. The van der Waals surface area contributed by atoms with Gasteiger partial charge in [0.1, 0.15) is 11.4 Å². The van der Waals surface area contributed by atoms with E-state index in [4.69, 9.17) is 15.5 Å². The highest BCUT2D eigenvalue weighted by atomic mass is 19.1. The lowest BCUT2D eigenvalue weighted by atomic mass is 9.95. The number of halogens is 1. The lowest BCUT2D eigenvalue weighted by molar-refractivity contribution is 0.0523. The standard InChI is InChI=1S/C30H33FN4O3/c1-29(2,3)38-28(37)33-17-18-6-8-19(9-7-18)26(34-22-13-10-20(11-14-22)30(4,5)32)25-23-15-12-21(31)16-24(23)35-27(25)36/h6-16,35-36H,17,32H2,1-5H3,(H,33,37). The van der Waals surface area contributed by atoms with Crippen LogP contribution in [-0.2, 0) is 16.8 Å². The SMILES string of the molecule is CC(C)(C)OC(=O)NCc1ccc(C(=Nc2ccc(C(C)(C)N)cc2)c2c(O)[nH]c3cc(F)ccc23)cc1. The normalized spacial score (nSPS) is 12.6. The molecule has 7 nitrogen and oxygen atoms in total. The smallest absolute Gasteiger partial charge is 0.407 e. The molecule has 0 atom stereocenters. The number of ether oxygens (including phenoxy) is 1. The van der Waals surface area contributed by atoms with Crippen LogP contribution in [0.4, 0.5) is 14.9 Å². The largest absolute Gasteiger partial charge is 0.494 e. The molecule has 1 heterocycles. The Hall–Kier alpha value is -4.17. The number of carbonyl (C=O) groups excluding carboxylic acids is 1. The van der Waals surface area contributed by atoms with Crippen molar-refractivity contribution in [2.75, 3.05) is 0 Å². The van der Waals surface area contributed by atoms with E-state index in [2.05, 4.69) is 10.3 Å². The van der Waals surface area contributed by atoms with Gasteiger partial charge in [-0.15, -0.1) is 0 Å². The van der Waals surface area contributed by atoms with Crippen LogP contribution in [0.2, 0.25) is 0 Å². The van der Waals surface area contributed by atoms with Gasteiger partial charge in [-0.2, -0.15) is 0 Å². The first-order chi connectivity index (χ1) is 17.8. The molecular formula is C30H33FN4O3. The first-order valence-electron chi connectivity index (χ1n) is 12.3. The van der Waals surface area contributed by atoms with Gasteiger partial charge in [-0.3, -0.25) is 0 Å². The van der Waals surface area contributed by atoms with Gasteiger partial charge in [0, 0.05) is 23.0 Å². The van der Waals surface area contributed by atoms with Crippen LogP contribution in [-0.4, -0.2) is 27.5 Å². The number of benzene rings is 3. The van der Waals surface area contributed by atoms with Gasteiger partial charge >= 0.3 is 6.09 Å². The number of amides is 1. The maximum atomic E-state index is 13.9. The Balaban J connectivity index is 1.72. The Bertz CT molecular complexity index is 1480. The molecule has 5 N–H and O–H groups in total. The second kappa shape index (κ2) is 10.3. The van der Waals surface area contributed by atoms with Crippen LogP contribution in [0.15, 0.2) is 71.7 Å². The molecular weight excluding hydrogens is 483 g/mol. The van der Waals surface area contributed by atoms with Crippen LogP contribution in [0.5, 0.6) is 5.88 Å². The van der Waals surface area contributed by atoms with Crippen molar-refractivity contribution in [2.45, 2.75) is 52.3 Å². The number of carbonyl (C=O) groups is 1. The predicted molar refractivity (Wildman–Crippen MR) is 148 cm³/mol. The van der Waals surface area contributed by atoms with Crippen LogP contribution < -0.4 is 11.1 Å². The number of nitrogens with zero attached hydrogens (tertiary/aromatic N) is 1. The van der Waals surface area contributed by atoms with Crippen molar-refractivity contribution in [3.05, 3.63) is 94.8 Å². The van der Waals surface area contributed by atoms with Gasteiger partial charge in [-0.25, -0.2) is 14.2 Å². The first-order valence-corrected chi connectivity index (χ1v) is 12.3. The zero-order valence-electron chi connectivity index (χ0n) is 22.2. The molecule has 0 saturated heterocycles. The third-order valence-corrected chi connectivity index (χ3v) is 5.89. The molecule has 0 saturated carbocycles. The fourth-order valence-electron chi connectivity index (χ4n) is 4.02. The van der Waals surface area contributed by atoms with E-state index in [1.165, 1.54) is 12.1 Å². The minimum absolute atomic E-state index is 0.111. The van der Waals surface area contributed by atoms with Crippen LogP contribution in [0.25, 0.3) is 10.9 Å². The van der Waals surface area contributed by atoms with E-state index in [0.717, 1.165) is 16.7 Å². The van der Waals surface area contributed by atoms with Crippen LogP contribution in [0.3, 0.4) is 0 Å². The van der Waals surface area contributed by atoms with Gasteiger partial charge < -0.3 is 25.9 Å². The van der Waals surface area contributed by atoms with E-state index >= 15 is 0 Å². The molecule has 0 aliphatic rings. The Labute approximate surface area is 221 Å². The summed E-state index contributed by atoms with van der Waals surface area (Å²) < 4.78 is 19.2. The zero-order chi connectivity index (χ0) is 27.7. The van der Waals surface area contributed by atoms with Gasteiger partial charge in [0.2, 0.25) is 0 Å². The highest BCUT2D eigenvalue weighted by Gasteiger charge is 2.20. The molecule has 198 valence electrons. The number of rotatable bonds is 6. The summed E-state index contributed by atoms with van der Waals surface area (Å²) in [5.41, 5.74) is 9.80. The minimum Gasteiger partial charge on any atom is -0.494 e. The fourth-order valence-corrected chi connectivity index (χ4v) is 4.02. The van der Waals surface area contributed by atoms with E-state index in [0.29, 0.717) is 27.9 Å². The number of aromatic nitrogens is 1. The molecule has 0 aliphatic heterocycles. The second-order valence-corrected chi connectivity index (χ2v) is 10.8. The number of hydrogen-bond acceptors (Lipinski definition) is 5. The molecule has 0 bridgehead atoms. The van der Waals surface area contributed by atoms with Gasteiger partial charge in [0.05, 0.1) is 22.5 Å². The molecule has 4 rings (SSSR count). The minimum atomic E-state index is -0.582. The fraction of sp³-hybridized carbons (Fsp3) is 0.267. The quantitative estimate of drug-likeness (QED) is 0.222. The third kappa shape index (κ3) is 6.39. The van der Waals surface area contributed by atoms with E-state index in [-0.39, 0.29) is 12.4 Å². The summed E-state index contributed by atoms with van der Waals surface area (Å²) in [6.45, 7) is 9.57. The summed E-state index contributed by atoms with van der Waals surface area (Å²) in [7, 11) is 0. The number of aliphatic imine (C=N–C) groups is 1. The zero-order valence-corrected chi connectivity index (χ0v) is 22.2. The average molecular weight is 517 g/mol. The molecule has 0 fully saturated rings. The Morgan fingerprint density at radius 3 is 2.29 bits per heavy atom. The number of hydrogen-bond donors (Lipinski definition) is 4. The Morgan fingerprint density at radius 1 is 1.03 bits per heavy atom. The van der Waals surface area contributed by atoms with Gasteiger partial charge in [0.25, 0.3) is 0 Å². The highest BCUT2D eigenvalue weighted by Crippen LogP contribution is 2.32. The summed E-state index contributed by atoms with van der Waals surface area (Å²) in [5.74, 6) is -0.523. The van der Waals surface area contributed by atoms with Gasteiger partial charge in [-0.05, 0) is 76.1 Å². The van der Waals surface area contributed by atoms with Crippen molar-refractivity contribution in [3.63, 3.8) is 0 Å². The van der Waals surface area contributed by atoms with E-state index in [1.807, 2.05) is 62.4 Å². The average Bonchev–Trinajstić information content (AvgIpc) is 3.15. The van der Waals surface area contributed by atoms with Crippen molar-refractivity contribution in [2.24, 2.45) is 10.7 Å². The molecule has 3 aromatic carbocycles. The summed E-state index contributed by atoms with van der Waals surface area (Å²) in [4.78, 5) is 19.8. The number of fused-ring (bicyclic) bond motifs is 1. The number of H-pyrrole nitrogens is 1. The molecule has 8 heteroatoms. The number of aromatic hydroxyl groups is 1. The first kappa shape index (κ1) is 26.9. The maximum Gasteiger partial charge on any atom is 0.407 e. The lowest BCUT2D eigenvalue weighted by Crippen LogP contribution is -2.32. The van der Waals surface area contributed by atoms with Crippen LogP contribution >= 0.6 is 0 Å². The van der Waals surface area contributed by atoms with Crippen molar-refractivity contribution >= 4 is 28.4 Å². The summed E-state index contributed by atoms with van der Waals surface area (Å²) in [6, 6.07) is 19.3. The summed E-state index contributed by atoms with van der Waals surface area (Å²) in [5, 5.41) is 14.2. The van der Waals surface area contributed by atoms with E-state index in [9.17, 15) is 14.3 Å². The van der Waals surface area contributed by atoms with Crippen LogP contribution in [0, 0.1) is 5.82 Å². The Kier molecular flexibility index (Phi) is 7.29. The van der Waals surface area contributed by atoms with Crippen molar-refractivity contribution < 1.29 is 19.0 Å². The van der Waals surface area contributed by atoms with E-state index < -0.39 is 23.1 Å². The van der Waals surface area contributed by atoms with E-state index in [1.54, 1.807) is 26.8 Å². The number of alkyl carbamates (subject to hydrolysis) is 1. The number of nitrogens with two attached hydrogens (primary N) is 1. The van der Waals surface area contributed by atoms with Crippen LogP contribution in [0.1, 0.15) is 56.9 Å². The monoisotopic (exact) mass is 516 g/mol. The molecule has 0 radical (unpaired) electrons. The van der Waals surface area contributed by atoms with Gasteiger partial charge in [0.15, 0.2) is 5.88 Å². The second-order valence-electron chi connectivity index (χ2n) is 10.8. The summed E-state index contributed by atoms with van der Waals surface area (Å²) in [6.07, 6.45) is -0.496. The molecule has 1 aromatic heterocycles. The van der Waals surface area contributed by atoms with Crippen molar-refractivity contribution in [1.82, 2.24) is 10.3 Å². The number of nitrogens with one attached hydrogen (secondary N) is 2. The van der Waals surface area contributed by atoms with Crippen molar-refractivity contribution in [1.29, 1.82) is 0 Å². The molecule has 0 unspecified atom stereocenters. The molecule has 1 amide bonds.